The van der Waals surface area contributed by atoms with E-state index in [4.69, 9.17) is 27.9 Å². The molecule has 4 aromatic rings. The molecule has 4 rings (SSSR count). The maximum atomic E-state index is 11.0. The molecule has 154 valence electrons. The lowest BCUT2D eigenvalue weighted by molar-refractivity contribution is -0.384. The zero-order valence-corrected chi connectivity index (χ0v) is 17.5. The van der Waals surface area contributed by atoms with E-state index in [2.05, 4.69) is 9.97 Å². The van der Waals surface area contributed by atoms with Gasteiger partial charge in [-0.05, 0) is 41.5 Å². The van der Waals surface area contributed by atoms with Crippen LogP contribution in [0.25, 0.3) is 23.2 Å². The monoisotopic (exact) mass is 451 g/mol. The molecule has 0 fully saturated rings. The number of benzene rings is 3. The predicted molar refractivity (Wildman–Crippen MR) is 122 cm³/mol. The third-order valence-electron chi connectivity index (χ3n) is 4.44. The van der Waals surface area contributed by atoms with E-state index in [9.17, 15) is 10.1 Å². The Balaban J connectivity index is 1.66. The SMILES string of the molecule is O=[N+]([O-])c1cccc(/C=C/c2nc3ccccc3nc2OCc2ccc(Cl)c(Cl)c2)c1. The largest absolute Gasteiger partial charge is 0.471 e. The molecular formula is C23H15Cl2N3O3. The number of halogens is 2. The topological polar surface area (TPSA) is 78.2 Å². The Hall–Kier alpha value is -3.48. The van der Waals surface area contributed by atoms with Crippen LogP contribution in [0.5, 0.6) is 5.88 Å². The summed E-state index contributed by atoms with van der Waals surface area (Å²) in [6, 6.07) is 19.0. The number of hydrogen-bond donors (Lipinski definition) is 0. The van der Waals surface area contributed by atoms with Gasteiger partial charge in [0.15, 0.2) is 0 Å². The highest BCUT2D eigenvalue weighted by molar-refractivity contribution is 6.42. The van der Waals surface area contributed by atoms with Crippen LogP contribution in [-0.4, -0.2) is 14.9 Å². The number of ether oxygens (including phenoxy) is 1. The van der Waals surface area contributed by atoms with Crippen LogP contribution in [0, 0.1) is 10.1 Å². The van der Waals surface area contributed by atoms with Gasteiger partial charge in [-0.15, -0.1) is 0 Å². The number of aromatic nitrogens is 2. The average molecular weight is 452 g/mol. The summed E-state index contributed by atoms with van der Waals surface area (Å²) in [7, 11) is 0. The van der Waals surface area contributed by atoms with E-state index in [1.54, 1.807) is 36.4 Å². The lowest BCUT2D eigenvalue weighted by Gasteiger charge is -2.10. The predicted octanol–water partition coefficient (Wildman–Crippen LogP) is 6.59. The number of nitro benzene ring substituents is 1. The molecular weight excluding hydrogens is 437 g/mol. The molecule has 0 atom stereocenters. The summed E-state index contributed by atoms with van der Waals surface area (Å²) in [4.78, 5) is 19.8. The molecule has 6 nitrogen and oxygen atoms in total. The van der Waals surface area contributed by atoms with Crippen molar-refractivity contribution < 1.29 is 9.66 Å². The number of rotatable bonds is 6. The van der Waals surface area contributed by atoms with Crippen molar-refractivity contribution in [1.29, 1.82) is 0 Å². The molecule has 3 aromatic carbocycles. The molecule has 0 aliphatic rings. The van der Waals surface area contributed by atoms with E-state index >= 15 is 0 Å². The van der Waals surface area contributed by atoms with Gasteiger partial charge in [0.1, 0.15) is 12.3 Å². The van der Waals surface area contributed by atoms with Gasteiger partial charge in [-0.1, -0.05) is 59.6 Å². The van der Waals surface area contributed by atoms with Gasteiger partial charge in [0.2, 0.25) is 5.88 Å². The highest BCUT2D eigenvalue weighted by Crippen LogP contribution is 2.25. The van der Waals surface area contributed by atoms with Crippen molar-refractivity contribution in [3.05, 3.63) is 104 Å². The third-order valence-corrected chi connectivity index (χ3v) is 5.18. The van der Waals surface area contributed by atoms with E-state index in [-0.39, 0.29) is 12.3 Å². The second-order valence-corrected chi connectivity index (χ2v) is 7.44. The maximum absolute atomic E-state index is 11.0. The first-order chi connectivity index (χ1) is 15.0. The van der Waals surface area contributed by atoms with Crippen LogP contribution < -0.4 is 4.74 Å². The molecule has 0 spiro atoms. The van der Waals surface area contributed by atoms with Crippen LogP contribution >= 0.6 is 23.2 Å². The van der Waals surface area contributed by atoms with E-state index in [1.807, 2.05) is 30.3 Å². The summed E-state index contributed by atoms with van der Waals surface area (Å²) in [6.07, 6.45) is 3.46. The first kappa shape index (κ1) is 20.8. The van der Waals surface area contributed by atoms with Gasteiger partial charge in [0, 0.05) is 12.1 Å². The number of nitrogens with zero attached hydrogens (tertiary/aromatic N) is 3. The Bertz CT molecular complexity index is 1310. The average Bonchev–Trinajstić information content (AvgIpc) is 2.78. The van der Waals surface area contributed by atoms with Crippen LogP contribution in [0.15, 0.2) is 66.7 Å². The third kappa shape index (κ3) is 4.99. The van der Waals surface area contributed by atoms with Gasteiger partial charge in [0.05, 0.1) is 26.0 Å². The van der Waals surface area contributed by atoms with Crippen molar-refractivity contribution in [3.8, 4) is 5.88 Å². The standard InChI is InChI=1S/C23H15Cl2N3O3/c24-18-10-8-16(13-19(18)25)14-31-23-22(26-20-6-1-2-7-21(20)27-23)11-9-15-4-3-5-17(12-15)28(29)30/h1-13H,14H2/b11-9+. The molecule has 0 bridgehead atoms. The number of non-ortho nitro benzene ring substituents is 1. The summed E-state index contributed by atoms with van der Waals surface area (Å²) < 4.78 is 5.94. The van der Waals surface area contributed by atoms with E-state index in [0.717, 1.165) is 5.56 Å². The molecule has 31 heavy (non-hydrogen) atoms. The van der Waals surface area contributed by atoms with Crippen LogP contribution in [-0.2, 0) is 6.61 Å². The van der Waals surface area contributed by atoms with Crippen molar-refractivity contribution in [2.45, 2.75) is 6.61 Å². The van der Waals surface area contributed by atoms with E-state index in [1.165, 1.54) is 12.1 Å². The summed E-state index contributed by atoms with van der Waals surface area (Å²) in [5.41, 5.74) is 3.42. The highest BCUT2D eigenvalue weighted by atomic mass is 35.5. The summed E-state index contributed by atoms with van der Waals surface area (Å²) in [5, 5.41) is 11.9. The zero-order chi connectivity index (χ0) is 21.8. The van der Waals surface area contributed by atoms with E-state index in [0.29, 0.717) is 38.2 Å². The molecule has 0 saturated heterocycles. The maximum Gasteiger partial charge on any atom is 0.270 e. The Kier molecular flexibility index (Phi) is 6.11. The fourth-order valence-electron chi connectivity index (χ4n) is 2.91. The summed E-state index contributed by atoms with van der Waals surface area (Å²) in [6.45, 7) is 0.224. The van der Waals surface area contributed by atoms with Crippen molar-refractivity contribution in [1.82, 2.24) is 9.97 Å². The number of fused-ring (bicyclic) bond motifs is 1. The first-order valence-electron chi connectivity index (χ1n) is 9.25. The second kappa shape index (κ2) is 9.12. The number of hydrogen-bond acceptors (Lipinski definition) is 5. The molecule has 1 aromatic heterocycles. The van der Waals surface area contributed by atoms with Crippen molar-refractivity contribution >= 4 is 52.1 Å². The molecule has 1 heterocycles. The fraction of sp³-hybridized carbons (Fsp3) is 0.0435. The molecule has 0 N–H and O–H groups in total. The minimum Gasteiger partial charge on any atom is -0.471 e. The summed E-state index contributed by atoms with van der Waals surface area (Å²) >= 11 is 12.1. The van der Waals surface area contributed by atoms with E-state index < -0.39 is 4.92 Å². The highest BCUT2D eigenvalue weighted by Gasteiger charge is 2.10. The molecule has 0 radical (unpaired) electrons. The Labute approximate surface area is 187 Å². The minimum absolute atomic E-state index is 0.0165. The number of para-hydroxylation sites is 2. The van der Waals surface area contributed by atoms with Crippen LogP contribution in [0.3, 0.4) is 0 Å². The summed E-state index contributed by atoms with van der Waals surface area (Å²) in [5.74, 6) is 0.339. The number of nitro groups is 1. The molecule has 0 saturated carbocycles. The lowest BCUT2D eigenvalue weighted by Crippen LogP contribution is -2.01. The van der Waals surface area contributed by atoms with Gasteiger partial charge in [-0.3, -0.25) is 10.1 Å². The second-order valence-electron chi connectivity index (χ2n) is 6.63. The van der Waals surface area contributed by atoms with Gasteiger partial charge < -0.3 is 4.74 Å². The Morgan fingerprint density at radius 3 is 2.42 bits per heavy atom. The molecule has 0 aliphatic heterocycles. The molecule has 0 unspecified atom stereocenters. The van der Waals surface area contributed by atoms with Gasteiger partial charge in [-0.25, -0.2) is 9.97 Å². The zero-order valence-electron chi connectivity index (χ0n) is 16.0. The normalized spacial score (nSPS) is 11.2. The van der Waals surface area contributed by atoms with Crippen LogP contribution in [0.2, 0.25) is 10.0 Å². The quantitative estimate of drug-likeness (QED) is 0.244. The van der Waals surface area contributed by atoms with Crippen LogP contribution in [0.1, 0.15) is 16.8 Å². The van der Waals surface area contributed by atoms with Crippen molar-refractivity contribution in [3.63, 3.8) is 0 Å². The Morgan fingerprint density at radius 2 is 1.68 bits per heavy atom. The lowest BCUT2D eigenvalue weighted by atomic mass is 10.1. The smallest absolute Gasteiger partial charge is 0.270 e. The van der Waals surface area contributed by atoms with Gasteiger partial charge in [-0.2, -0.15) is 0 Å². The molecule has 0 aliphatic carbocycles. The van der Waals surface area contributed by atoms with Crippen molar-refractivity contribution in [2.24, 2.45) is 0 Å². The first-order valence-corrected chi connectivity index (χ1v) is 10.0. The minimum atomic E-state index is -0.432. The van der Waals surface area contributed by atoms with Gasteiger partial charge in [0.25, 0.3) is 5.69 Å². The molecule has 0 amide bonds. The van der Waals surface area contributed by atoms with Crippen molar-refractivity contribution in [2.75, 3.05) is 0 Å². The fourth-order valence-corrected chi connectivity index (χ4v) is 3.23. The van der Waals surface area contributed by atoms with Gasteiger partial charge >= 0.3 is 0 Å². The Morgan fingerprint density at radius 1 is 0.903 bits per heavy atom. The van der Waals surface area contributed by atoms with Crippen LogP contribution in [0.4, 0.5) is 5.69 Å². The molecule has 8 heteroatoms.